The molecule has 1 fully saturated rings. The highest BCUT2D eigenvalue weighted by Gasteiger charge is 2.25. The maximum absolute atomic E-state index is 12.5. The molecular weight excluding hydrogens is 256 g/mol. The van der Waals surface area contributed by atoms with Gasteiger partial charge in [0.25, 0.3) is 5.91 Å². The summed E-state index contributed by atoms with van der Waals surface area (Å²) in [5.74, 6) is 0.399. The molecule has 0 aromatic heterocycles. The van der Waals surface area contributed by atoms with Crippen molar-refractivity contribution in [3.05, 3.63) is 0 Å². The normalized spacial score (nSPS) is 22.9. The Morgan fingerprint density at radius 3 is 2.90 bits per heavy atom. The molecule has 2 aliphatic rings. The van der Waals surface area contributed by atoms with E-state index in [0.717, 1.165) is 32.6 Å². The Balaban J connectivity index is 1.95. The van der Waals surface area contributed by atoms with Crippen LogP contribution in [0.4, 0.5) is 0 Å². The maximum Gasteiger partial charge on any atom is 0.270 e. The second-order valence-electron chi connectivity index (χ2n) is 5.56. The highest BCUT2D eigenvalue weighted by atomic mass is 16.2. The van der Waals surface area contributed by atoms with Gasteiger partial charge >= 0.3 is 0 Å². The van der Waals surface area contributed by atoms with Crippen LogP contribution in [0.1, 0.15) is 39.0 Å². The molecule has 0 spiro atoms. The van der Waals surface area contributed by atoms with E-state index in [1.54, 1.807) is 0 Å². The molecule has 0 aliphatic carbocycles. The number of amides is 2. The first-order valence-electron chi connectivity index (χ1n) is 7.56. The second-order valence-corrected chi connectivity index (χ2v) is 5.56. The van der Waals surface area contributed by atoms with Crippen LogP contribution < -0.4 is 10.7 Å². The SMILES string of the molecule is CCCN(CC1CCCNC1)C(=O)C1=NNC(=O)CC1. The molecule has 1 saturated heterocycles. The summed E-state index contributed by atoms with van der Waals surface area (Å²) in [6.45, 7) is 5.67. The molecule has 20 heavy (non-hydrogen) atoms. The molecule has 2 N–H and O–H groups in total. The third-order valence-corrected chi connectivity index (χ3v) is 3.81. The average molecular weight is 280 g/mol. The van der Waals surface area contributed by atoms with Crippen molar-refractivity contribution in [1.29, 1.82) is 0 Å². The van der Waals surface area contributed by atoms with Crippen molar-refractivity contribution in [3.8, 4) is 0 Å². The highest BCUT2D eigenvalue weighted by molar-refractivity contribution is 6.39. The first-order valence-corrected chi connectivity index (χ1v) is 7.56. The predicted octanol–water partition coefficient (Wildman–Crippen LogP) is 0.491. The van der Waals surface area contributed by atoms with Gasteiger partial charge in [0.15, 0.2) is 0 Å². The van der Waals surface area contributed by atoms with Crippen LogP contribution in [-0.2, 0) is 9.59 Å². The van der Waals surface area contributed by atoms with E-state index in [9.17, 15) is 9.59 Å². The third kappa shape index (κ3) is 4.03. The van der Waals surface area contributed by atoms with Crippen molar-refractivity contribution in [2.45, 2.75) is 39.0 Å². The summed E-state index contributed by atoms with van der Waals surface area (Å²) in [5.41, 5.74) is 2.89. The fraction of sp³-hybridized carbons (Fsp3) is 0.786. The van der Waals surface area contributed by atoms with Crippen LogP contribution in [0.25, 0.3) is 0 Å². The monoisotopic (exact) mass is 280 g/mol. The number of hydrazone groups is 1. The minimum absolute atomic E-state index is 0.0163. The molecule has 112 valence electrons. The van der Waals surface area contributed by atoms with Crippen LogP contribution in [0, 0.1) is 5.92 Å². The molecule has 1 unspecified atom stereocenters. The summed E-state index contributed by atoms with van der Waals surface area (Å²) in [4.78, 5) is 25.5. The summed E-state index contributed by atoms with van der Waals surface area (Å²) in [6, 6.07) is 0. The van der Waals surface area contributed by atoms with Crippen molar-refractivity contribution >= 4 is 17.5 Å². The Morgan fingerprint density at radius 1 is 1.45 bits per heavy atom. The van der Waals surface area contributed by atoms with Gasteiger partial charge in [-0.05, 0) is 38.3 Å². The van der Waals surface area contributed by atoms with Crippen molar-refractivity contribution in [2.75, 3.05) is 26.2 Å². The van der Waals surface area contributed by atoms with Crippen LogP contribution in [-0.4, -0.2) is 48.6 Å². The van der Waals surface area contributed by atoms with Gasteiger partial charge in [-0.15, -0.1) is 0 Å². The van der Waals surface area contributed by atoms with E-state index < -0.39 is 0 Å². The minimum Gasteiger partial charge on any atom is -0.337 e. The van der Waals surface area contributed by atoms with Gasteiger partial charge in [-0.1, -0.05) is 6.92 Å². The molecule has 2 rings (SSSR count). The van der Waals surface area contributed by atoms with E-state index in [-0.39, 0.29) is 11.8 Å². The molecule has 0 saturated carbocycles. The summed E-state index contributed by atoms with van der Waals surface area (Å²) in [7, 11) is 0. The Labute approximate surface area is 120 Å². The number of carbonyl (C=O) groups excluding carboxylic acids is 2. The van der Waals surface area contributed by atoms with Crippen LogP contribution >= 0.6 is 0 Å². The lowest BCUT2D eigenvalue weighted by Gasteiger charge is -2.30. The number of hydrogen-bond acceptors (Lipinski definition) is 4. The van der Waals surface area contributed by atoms with Crippen LogP contribution in [0.15, 0.2) is 5.10 Å². The van der Waals surface area contributed by atoms with E-state index >= 15 is 0 Å². The molecule has 1 atom stereocenters. The Kier molecular flexibility index (Phi) is 5.52. The molecule has 0 bridgehead atoms. The first-order chi connectivity index (χ1) is 9.70. The molecule has 0 aromatic carbocycles. The summed E-state index contributed by atoms with van der Waals surface area (Å²) >= 11 is 0. The largest absolute Gasteiger partial charge is 0.337 e. The second kappa shape index (κ2) is 7.38. The van der Waals surface area contributed by atoms with Gasteiger partial charge in [-0.2, -0.15) is 5.10 Å². The number of hydrogen-bond donors (Lipinski definition) is 2. The van der Waals surface area contributed by atoms with Gasteiger partial charge in [-0.3, -0.25) is 9.59 Å². The molecule has 2 heterocycles. The standard InChI is InChI=1S/C14H24N4O2/c1-2-8-18(10-11-4-3-7-15-9-11)14(20)12-5-6-13(19)17-16-12/h11,15H,2-10H2,1H3,(H,17,19). The van der Waals surface area contributed by atoms with Crippen molar-refractivity contribution < 1.29 is 9.59 Å². The zero-order valence-corrected chi connectivity index (χ0v) is 12.2. The molecule has 2 amide bonds. The zero-order valence-electron chi connectivity index (χ0n) is 12.2. The Morgan fingerprint density at radius 2 is 2.30 bits per heavy atom. The molecule has 0 radical (unpaired) electrons. The quantitative estimate of drug-likeness (QED) is 0.770. The molecule has 6 nitrogen and oxygen atoms in total. The molecule has 2 aliphatic heterocycles. The zero-order chi connectivity index (χ0) is 14.4. The van der Waals surface area contributed by atoms with E-state index in [1.165, 1.54) is 12.8 Å². The van der Waals surface area contributed by atoms with Crippen molar-refractivity contribution in [1.82, 2.24) is 15.6 Å². The summed E-state index contributed by atoms with van der Waals surface area (Å²) < 4.78 is 0. The fourth-order valence-corrected chi connectivity index (χ4v) is 2.75. The average Bonchev–Trinajstić information content (AvgIpc) is 2.48. The van der Waals surface area contributed by atoms with Gasteiger partial charge in [0.05, 0.1) is 0 Å². The summed E-state index contributed by atoms with van der Waals surface area (Å²) in [5, 5.41) is 7.30. The third-order valence-electron chi connectivity index (χ3n) is 3.81. The minimum atomic E-state index is -0.111. The lowest BCUT2D eigenvalue weighted by molar-refractivity contribution is -0.125. The number of piperidine rings is 1. The van der Waals surface area contributed by atoms with Gasteiger partial charge in [-0.25, -0.2) is 5.43 Å². The van der Waals surface area contributed by atoms with Gasteiger partial charge in [0, 0.05) is 25.9 Å². The fourth-order valence-electron chi connectivity index (χ4n) is 2.75. The van der Waals surface area contributed by atoms with E-state index in [2.05, 4.69) is 22.8 Å². The molecule has 0 aromatic rings. The lowest BCUT2D eigenvalue weighted by Crippen LogP contribution is -2.45. The smallest absolute Gasteiger partial charge is 0.270 e. The number of nitrogens with one attached hydrogen (secondary N) is 2. The van der Waals surface area contributed by atoms with Crippen LogP contribution in [0.5, 0.6) is 0 Å². The summed E-state index contributed by atoms with van der Waals surface area (Å²) in [6.07, 6.45) is 4.09. The van der Waals surface area contributed by atoms with E-state index in [1.807, 2.05) is 4.90 Å². The van der Waals surface area contributed by atoms with Gasteiger partial charge in [0.2, 0.25) is 5.91 Å². The van der Waals surface area contributed by atoms with E-state index in [4.69, 9.17) is 0 Å². The van der Waals surface area contributed by atoms with Crippen LogP contribution in [0.2, 0.25) is 0 Å². The Hall–Kier alpha value is -1.43. The van der Waals surface area contributed by atoms with Crippen LogP contribution in [0.3, 0.4) is 0 Å². The Bertz CT molecular complexity index is 389. The number of carbonyl (C=O) groups is 2. The predicted molar refractivity (Wildman–Crippen MR) is 77.3 cm³/mol. The molecule has 6 heteroatoms. The molecular formula is C14H24N4O2. The number of rotatable bonds is 5. The van der Waals surface area contributed by atoms with E-state index in [0.29, 0.717) is 24.5 Å². The maximum atomic E-state index is 12.5. The van der Waals surface area contributed by atoms with Gasteiger partial charge < -0.3 is 10.2 Å². The van der Waals surface area contributed by atoms with Gasteiger partial charge in [0.1, 0.15) is 5.71 Å². The van der Waals surface area contributed by atoms with Crippen molar-refractivity contribution in [2.24, 2.45) is 11.0 Å². The highest BCUT2D eigenvalue weighted by Crippen LogP contribution is 2.13. The first kappa shape index (κ1) is 15.0. The number of nitrogens with zero attached hydrogens (tertiary/aromatic N) is 2. The lowest BCUT2D eigenvalue weighted by atomic mass is 9.98. The topological polar surface area (TPSA) is 73.8 Å². The van der Waals surface area contributed by atoms with Crippen molar-refractivity contribution in [3.63, 3.8) is 0 Å².